The molecule has 2 aliphatic rings. The minimum atomic E-state index is -0.242. The standard InChI is InChI=1S/C13H21B2O4/c1-16-7-11-8(5-12(14)19-11)3-4-9-10(17-2)6-13(15)18-9/h8-13H,2-7H2,1H3/q-1. The minimum absolute atomic E-state index is 0.00753. The zero-order valence-corrected chi connectivity index (χ0v) is 11.5. The van der Waals surface area contributed by atoms with Gasteiger partial charge >= 0.3 is 0 Å². The van der Waals surface area contributed by atoms with E-state index in [1.807, 2.05) is 0 Å². The molecule has 0 bridgehead atoms. The first-order chi connectivity index (χ1) is 9.13. The molecule has 4 nitrogen and oxygen atoms in total. The molecule has 4 radical (unpaired) electrons. The van der Waals surface area contributed by atoms with E-state index in [2.05, 4.69) is 7.11 Å². The van der Waals surface area contributed by atoms with Gasteiger partial charge in [-0.05, 0) is 31.6 Å². The second-order valence-electron chi connectivity index (χ2n) is 5.40. The highest BCUT2D eigenvalue weighted by Crippen LogP contribution is 2.32. The van der Waals surface area contributed by atoms with Gasteiger partial charge in [-0.1, -0.05) is 0 Å². The molecule has 0 aliphatic carbocycles. The van der Waals surface area contributed by atoms with Crippen LogP contribution in [0.25, 0.3) is 0 Å². The topological polar surface area (TPSA) is 36.9 Å². The van der Waals surface area contributed by atoms with Crippen molar-refractivity contribution < 1.29 is 18.9 Å². The van der Waals surface area contributed by atoms with Crippen LogP contribution in [0.1, 0.15) is 25.7 Å². The van der Waals surface area contributed by atoms with E-state index in [0.717, 1.165) is 19.3 Å². The fraction of sp³-hybridized carbons (Fsp3) is 0.923. The molecule has 2 heterocycles. The Hall–Kier alpha value is -0.0301. The fourth-order valence-corrected chi connectivity index (χ4v) is 3.04. The lowest BCUT2D eigenvalue weighted by atomic mass is 9.87. The molecule has 2 rings (SSSR count). The van der Waals surface area contributed by atoms with Crippen LogP contribution in [0.5, 0.6) is 0 Å². The first-order valence-corrected chi connectivity index (χ1v) is 6.86. The van der Waals surface area contributed by atoms with E-state index in [1.165, 1.54) is 0 Å². The Labute approximate surface area is 118 Å². The zero-order valence-electron chi connectivity index (χ0n) is 11.5. The molecule has 2 aliphatic heterocycles. The lowest BCUT2D eigenvalue weighted by Gasteiger charge is -2.24. The van der Waals surface area contributed by atoms with Crippen molar-refractivity contribution in [3.05, 3.63) is 7.11 Å². The summed E-state index contributed by atoms with van der Waals surface area (Å²) in [5, 5.41) is 0. The van der Waals surface area contributed by atoms with Crippen LogP contribution < -0.4 is 0 Å². The molecule has 0 aromatic rings. The summed E-state index contributed by atoms with van der Waals surface area (Å²) in [4.78, 5) is 0. The molecule has 0 saturated carbocycles. The summed E-state index contributed by atoms with van der Waals surface area (Å²) in [5.74, 6) is 0.404. The van der Waals surface area contributed by atoms with Crippen LogP contribution >= 0.6 is 0 Å². The molecule has 104 valence electrons. The van der Waals surface area contributed by atoms with Crippen molar-refractivity contribution >= 4 is 15.7 Å². The highest BCUT2D eigenvalue weighted by atomic mass is 16.6. The molecule has 0 aromatic carbocycles. The molecule has 0 spiro atoms. The van der Waals surface area contributed by atoms with Crippen molar-refractivity contribution in [2.75, 3.05) is 13.7 Å². The Bertz CT molecular complexity index is 279. The molecule has 0 aromatic heterocycles. The molecular weight excluding hydrogens is 242 g/mol. The molecular formula is C13H21B2O4-. The van der Waals surface area contributed by atoms with E-state index in [9.17, 15) is 0 Å². The predicted octanol–water partition coefficient (Wildman–Crippen LogP) is 0.773. The van der Waals surface area contributed by atoms with Crippen LogP contribution in [0.3, 0.4) is 0 Å². The maximum atomic E-state index is 5.84. The summed E-state index contributed by atoms with van der Waals surface area (Å²) < 4.78 is 21.6. The minimum Gasteiger partial charge on any atom is -0.551 e. The fourth-order valence-electron chi connectivity index (χ4n) is 3.04. The molecule has 6 atom stereocenters. The first-order valence-electron chi connectivity index (χ1n) is 6.86. The van der Waals surface area contributed by atoms with Crippen molar-refractivity contribution in [3.63, 3.8) is 0 Å². The molecule has 6 unspecified atom stereocenters. The zero-order chi connectivity index (χ0) is 13.8. The van der Waals surface area contributed by atoms with E-state index >= 15 is 0 Å². The summed E-state index contributed by atoms with van der Waals surface area (Å²) >= 11 is 0. The summed E-state index contributed by atoms with van der Waals surface area (Å²) in [7, 11) is 16.8. The van der Waals surface area contributed by atoms with Crippen molar-refractivity contribution in [2.24, 2.45) is 5.92 Å². The Kier molecular flexibility index (Phi) is 5.75. The van der Waals surface area contributed by atoms with Crippen LogP contribution in [0.4, 0.5) is 0 Å². The predicted molar refractivity (Wildman–Crippen MR) is 72.9 cm³/mol. The van der Waals surface area contributed by atoms with Crippen LogP contribution in [0, 0.1) is 13.0 Å². The average Bonchev–Trinajstić information content (AvgIpc) is 2.90. The van der Waals surface area contributed by atoms with Gasteiger partial charge in [-0.3, -0.25) is 0 Å². The van der Waals surface area contributed by atoms with Gasteiger partial charge in [0, 0.05) is 19.1 Å². The lowest BCUT2D eigenvalue weighted by molar-refractivity contribution is -0.00486. The summed E-state index contributed by atoms with van der Waals surface area (Å²) in [6, 6.07) is -0.426. The van der Waals surface area contributed by atoms with E-state index in [0.29, 0.717) is 18.9 Å². The van der Waals surface area contributed by atoms with Gasteiger partial charge in [0.25, 0.3) is 0 Å². The van der Waals surface area contributed by atoms with Crippen molar-refractivity contribution in [1.82, 2.24) is 0 Å². The maximum Gasteiger partial charge on any atom is 0.109 e. The maximum absolute atomic E-state index is 5.84. The average molecular weight is 263 g/mol. The van der Waals surface area contributed by atoms with E-state index in [1.54, 1.807) is 7.11 Å². The molecule has 6 heteroatoms. The second kappa shape index (κ2) is 7.11. The third-order valence-corrected chi connectivity index (χ3v) is 4.01. The SMILES string of the molecule is [B]C1CC(CCC2OC([B])CC2O[CH2-])C(COC)O1. The Morgan fingerprint density at radius 1 is 1.11 bits per heavy atom. The number of hydrogen-bond donors (Lipinski definition) is 0. The Balaban J connectivity index is 1.80. The summed E-state index contributed by atoms with van der Waals surface area (Å²) in [6.45, 7) is 0.582. The number of methoxy groups -OCH3 is 1. The number of ether oxygens (including phenoxy) is 4. The molecule has 0 N–H and O–H groups in total. The van der Waals surface area contributed by atoms with Gasteiger partial charge in [0.1, 0.15) is 15.7 Å². The smallest absolute Gasteiger partial charge is 0.109 e. The quantitative estimate of drug-likeness (QED) is 0.524. The van der Waals surface area contributed by atoms with Gasteiger partial charge in [-0.2, -0.15) is 0 Å². The summed E-state index contributed by atoms with van der Waals surface area (Å²) in [6.07, 6.45) is 3.51. The van der Waals surface area contributed by atoms with Crippen LogP contribution in [-0.2, 0) is 18.9 Å². The normalized spacial score (nSPS) is 42.8. The monoisotopic (exact) mass is 263 g/mol. The molecule has 2 saturated heterocycles. The van der Waals surface area contributed by atoms with Gasteiger partial charge in [-0.15, -0.1) is 0 Å². The van der Waals surface area contributed by atoms with Gasteiger partial charge in [-0.25, -0.2) is 7.11 Å². The van der Waals surface area contributed by atoms with E-state index in [-0.39, 0.29) is 30.3 Å². The van der Waals surface area contributed by atoms with Crippen molar-refractivity contribution in [1.29, 1.82) is 0 Å². The highest BCUT2D eigenvalue weighted by Gasteiger charge is 2.35. The highest BCUT2D eigenvalue weighted by molar-refractivity contribution is 6.11. The van der Waals surface area contributed by atoms with Gasteiger partial charge in [0.05, 0.1) is 24.9 Å². The van der Waals surface area contributed by atoms with Crippen molar-refractivity contribution in [2.45, 2.75) is 56.0 Å². The number of rotatable bonds is 6. The van der Waals surface area contributed by atoms with Gasteiger partial charge in [0.15, 0.2) is 0 Å². The Morgan fingerprint density at radius 3 is 2.47 bits per heavy atom. The molecule has 19 heavy (non-hydrogen) atoms. The van der Waals surface area contributed by atoms with Gasteiger partial charge < -0.3 is 18.9 Å². The van der Waals surface area contributed by atoms with Crippen molar-refractivity contribution in [3.8, 4) is 0 Å². The first kappa shape index (κ1) is 15.4. The largest absolute Gasteiger partial charge is 0.551 e. The summed E-state index contributed by atoms with van der Waals surface area (Å²) in [5.41, 5.74) is 0. The van der Waals surface area contributed by atoms with Crippen LogP contribution in [0.15, 0.2) is 0 Å². The Morgan fingerprint density at radius 2 is 1.79 bits per heavy atom. The van der Waals surface area contributed by atoms with Gasteiger partial charge in [0.2, 0.25) is 0 Å². The lowest BCUT2D eigenvalue weighted by Crippen LogP contribution is -2.26. The third kappa shape index (κ3) is 3.97. The van der Waals surface area contributed by atoms with Crippen LogP contribution in [0.2, 0.25) is 0 Å². The molecule has 2 fully saturated rings. The van der Waals surface area contributed by atoms with E-state index < -0.39 is 0 Å². The molecule has 0 amide bonds. The number of hydrogen-bond acceptors (Lipinski definition) is 4. The van der Waals surface area contributed by atoms with E-state index in [4.69, 9.17) is 34.6 Å². The second-order valence-corrected chi connectivity index (χ2v) is 5.40. The third-order valence-electron chi connectivity index (χ3n) is 4.01. The van der Waals surface area contributed by atoms with Crippen LogP contribution in [-0.4, -0.2) is 59.7 Å².